The third-order valence-corrected chi connectivity index (χ3v) is 2.51. The Hall–Kier alpha value is -2.24. The van der Waals surface area contributed by atoms with E-state index >= 15 is 0 Å². The summed E-state index contributed by atoms with van der Waals surface area (Å²) in [6.45, 7) is 0.250. The highest BCUT2D eigenvalue weighted by Gasteiger charge is 2.30. The number of nitrogens with two attached hydrogens (primary N) is 1. The molecule has 0 saturated heterocycles. The quantitative estimate of drug-likeness (QED) is 0.897. The molecule has 0 fully saturated rings. The number of aromatic nitrogens is 1. The number of halogens is 3. The van der Waals surface area contributed by atoms with Crippen LogP contribution >= 0.6 is 0 Å². The smallest absolute Gasteiger partial charge is 0.399 e. The van der Waals surface area contributed by atoms with Crippen LogP contribution in [0, 0.1) is 0 Å². The predicted molar refractivity (Wildman–Crippen MR) is 67.4 cm³/mol. The van der Waals surface area contributed by atoms with E-state index in [9.17, 15) is 13.2 Å². The molecule has 1 heterocycles. The first kappa shape index (κ1) is 13.2. The van der Waals surface area contributed by atoms with Crippen molar-refractivity contribution in [2.45, 2.75) is 12.7 Å². The van der Waals surface area contributed by atoms with E-state index in [1.54, 1.807) is 18.2 Å². The van der Waals surface area contributed by atoms with Crippen molar-refractivity contribution in [2.24, 2.45) is 0 Å². The van der Waals surface area contributed by atoms with E-state index in [1.807, 2.05) is 0 Å². The minimum Gasteiger partial charge on any atom is -0.399 e. The largest absolute Gasteiger partial charge is 0.416 e. The molecule has 100 valence electrons. The lowest BCUT2D eigenvalue weighted by Crippen LogP contribution is -2.07. The lowest BCUT2D eigenvalue weighted by atomic mass is 10.1. The van der Waals surface area contributed by atoms with Gasteiger partial charge in [0, 0.05) is 24.5 Å². The van der Waals surface area contributed by atoms with E-state index < -0.39 is 11.7 Å². The van der Waals surface area contributed by atoms with Crippen molar-refractivity contribution in [3.63, 3.8) is 0 Å². The van der Waals surface area contributed by atoms with Gasteiger partial charge in [0.25, 0.3) is 0 Å². The zero-order valence-corrected chi connectivity index (χ0v) is 9.91. The molecule has 0 spiro atoms. The van der Waals surface area contributed by atoms with Crippen LogP contribution in [0.5, 0.6) is 0 Å². The van der Waals surface area contributed by atoms with Gasteiger partial charge < -0.3 is 11.1 Å². The Morgan fingerprint density at radius 1 is 1.16 bits per heavy atom. The molecular formula is C13H12F3N3. The molecule has 1 aromatic heterocycles. The molecule has 0 saturated carbocycles. The molecule has 1 aromatic carbocycles. The van der Waals surface area contributed by atoms with E-state index in [0.717, 1.165) is 12.1 Å². The zero-order chi connectivity index (χ0) is 13.9. The van der Waals surface area contributed by atoms with Crippen LogP contribution in [0.2, 0.25) is 0 Å². The third kappa shape index (κ3) is 3.61. The summed E-state index contributed by atoms with van der Waals surface area (Å²) in [6.07, 6.45) is -2.80. The maximum Gasteiger partial charge on any atom is 0.416 e. The maximum absolute atomic E-state index is 12.5. The first-order chi connectivity index (χ1) is 8.95. The SMILES string of the molecule is Nc1ccnc(NCc2cccc(C(F)(F)F)c2)c1. The van der Waals surface area contributed by atoms with E-state index in [4.69, 9.17) is 5.73 Å². The first-order valence-corrected chi connectivity index (χ1v) is 5.57. The van der Waals surface area contributed by atoms with Gasteiger partial charge in [-0.25, -0.2) is 4.98 Å². The Kier molecular flexibility index (Phi) is 3.59. The van der Waals surface area contributed by atoms with Crippen molar-refractivity contribution in [1.29, 1.82) is 0 Å². The van der Waals surface area contributed by atoms with Gasteiger partial charge in [-0.15, -0.1) is 0 Å². The highest BCUT2D eigenvalue weighted by atomic mass is 19.4. The fraction of sp³-hybridized carbons (Fsp3) is 0.154. The minimum absolute atomic E-state index is 0.250. The lowest BCUT2D eigenvalue weighted by Gasteiger charge is -2.10. The van der Waals surface area contributed by atoms with Crippen LogP contribution in [0.1, 0.15) is 11.1 Å². The van der Waals surface area contributed by atoms with Gasteiger partial charge in [0.15, 0.2) is 0 Å². The number of alkyl halides is 3. The van der Waals surface area contributed by atoms with Crippen LogP contribution in [-0.4, -0.2) is 4.98 Å². The number of benzene rings is 1. The second-order valence-electron chi connectivity index (χ2n) is 4.03. The molecule has 3 nitrogen and oxygen atoms in total. The third-order valence-electron chi connectivity index (χ3n) is 2.51. The highest BCUT2D eigenvalue weighted by Crippen LogP contribution is 2.29. The van der Waals surface area contributed by atoms with E-state index in [-0.39, 0.29) is 6.54 Å². The number of pyridine rings is 1. The summed E-state index contributed by atoms with van der Waals surface area (Å²) in [6, 6.07) is 8.41. The monoisotopic (exact) mass is 267 g/mol. The van der Waals surface area contributed by atoms with Crippen LogP contribution in [0.3, 0.4) is 0 Å². The van der Waals surface area contributed by atoms with Crippen LogP contribution in [0.4, 0.5) is 24.7 Å². The molecule has 2 aromatic rings. The molecule has 6 heteroatoms. The molecule has 0 aliphatic heterocycles. The van der Waals surface area contributed by atoms with Gasteiger partial charge in [0.1, 0.15) is 5.82 Å². The summed E-state index contributed by atoms with van der Waals surface area (Å²) >= 11 is 0. The van der Waals surface area contributed by atoms with Crippen molar-refractivity contribution in [3.05, 3.63) is 53.7 Å². The molecule has 0 aliphatic carbocycles. The van der Waals surface area contributed by atoms with Crippen LogP contribution in [-0.2, 0) is 12.7 Å². The fourth-order valence-electron chi connectivity index (χ4n) is 1.59. The van der Waals surface area contributed by atoms with Crippen molar-refractivity contribution >= 4 is 11.5 Å². The topological polar surface area (TPSA) is 50.9 Å². The van der Waals surface area contributed by atoms with E-state index in [0.29, 0.717) is 17.1 Å². The average Bonchev–Trinajstić information content (AvgIpc) is 2.36. The number of anilines is 2. The Bertz CT molecular complexity index is 567. The molecule has 0 bridgehead atoms. The maximum atomic E-state index is 12.5. The number of nitrogen functional groups attached to an aromatic ring is 1. The van der Waals surface area contributed by atoms with Crippen LogP contribution in [0.15, 0.2) is 42.6 Å². The molecule has 0 unspecified atom stereocenters. The normalized spacial score (nSPS) is 11.3. The number of rotatable bonds is 3. The Labute approximate surface area is 108 Å². The minimum atomic E-state index is -4.33. The second kappa shape index (κ2) is 5.17. The molecule has 0 atom stereocenters. The number of nitrogens with zero attached hydrogens (tertiary/aromatic N) is 1. The van der Waals surface area contributed by atoms with Crippen molar-refractivity contribution in [3.8, 4) is 0 Å². The van der Waals surface area contributed by atoms with Crippen LogP contribution < -0.4 is 11.1 Å². The van der Waals surface area contributed by atoms with Gasteiger partial charge >= 0.3 is 6.18 Å². The fourth-order valence-corrected chi connectivity index (χ4v) is 1.59. The average molecular weight is 267 g/mol. The summed E-state index contributed by atoms with van der Waals surface area (Å²) in [7, 11) is 0. The van der Waals surface area contributed by atoms with Gasteiger partial charge in [-0.3, -0.25) is 0 Å². The first-order valence-electron chi connectivity index (χ1n) is 5.57. The number of hydrogen-bond acceptors (Lipinski definition) is 3. The van der Waals surface area contributed by atoms with E-state index in [2.05, 4.69) is 10.3 Å². The standard InChI is InChI=1S/C13H12F3N3/c14-13(15,16)10-3-1-2-9(6-10)8-19-12-7-11(17)4-5-18-12/h1-7H,8H2,(H3,17,18,19). The summed E-state index contributed by atoms with van der Waals surface area (Å²) in [5.41, 5.74) is 5.99. The van der Waals surface area contributed by atoms with Crippen LogP contribution in [0.25, 0.3) is 0 Å². The van der Waals surface area contributed by atoms with Crippen molar-refractivity contribution in [2.75, 3.05) is 11.1 Å². The summed E-state index contributed by atoms with van der Waals surface area (Å²) in [4.78, 5) is 4.01. The number of nitrogens with one attached hydrogen (secondary N) is 1. The summed E-state index contributed by atoms with van der Waals surface area (Å²) in [5.74, 6) is 0.525. The molecule has 0 aliphatic rings. The molecule has 2 rings (SSSR count). The molecule has 0 radical (unpaired) electrons. The summed E-state index contributed by atoms with van der Waals surface area (Å²) in [5, 5.41) is 2.92. The molecule has 19 heavy (non-hydrogen) atoms. The van der Waals surface area contributed by atoms with Gasteiger partial charge in [0.05, 0.1) is 5.56 Å². The number of hydrogen-bond donors (Lipinski definition) is 2. The van der Waals surface area contributed by atoms with Gasteiger partial charge in [0.2, 0.25) is 0 Å². The Morgan fingerprint density at radius 2 is 1.95 bits per heavy atom. The molecule has 0 amide bonds. The Balaban J connectivity index is 2.08. The molecule has 3 N–H and O–H groups in total. The predicted octanol–water partition coefficient (Wildman–Crippen LogP) is 3.29. The second-order valence-corrected chi connectivity index (χ2v) is 4.03. The lowest BCUT2D eigenvalue weighted by molar-refractivity contribution is -0.137. The van der Waals surface area contributed by atoms with Crippen molar-refractivity contribution in [1.82, 2.24) is 4.98 Å². The van der Waals surface area contributed by atoms with Gasteiger partial charge in [-0.05, 0) is 23.8 Å². The Morgan fingerprint density at radius 3 is 2.63 bits per heavy atom. The van der Waals surface area contributed by atoms with E-state index in [1.165, 1.54) is 12.3 Å². The summed E-state index contributed by atoms with van der Waals surface area (Å²) < 4.78 is 37.6. The zero-order valence-electron chi connectivity index (χ0n) is 9.91. The highest BCUT2D eigenvalue weighted by molar-refractivity contribution is 5.48. The van der Waals surface area contributed by atoms with Crippen molar-refractivity contribution < 1.29 is 13.2 Å². The molecular weight excluding hydrogens is 255 g/mol. The van der Waals surface area contributed by atoms with Gasteiger partial charge in [-0.1, -0.05) is 12.1 Å². The van der Waals surface area contributed by atoms with Gasteiger partial charge in [-0.2, -0.15) is 13.2 Å².